The SMILES string of the molecule is CC(C)=CCc1c(O)c2c(c(C(=O)C(C)C)c1O)OC(C(C)(C)O)C2. The third-order valence-electron chi connectivity index (χ3n) is 4.52. The Hall–Kier alpha value is -2.01. The number of hydrogen-bond acceptors (Lipinski definition) is 5. The van der Waals surface area contributed by atoms with E-state index in [1.54, 1.807) is 27.7 Å². The maximum atomic E-state index is 12.7. The number of hydrogen-bond donors (Lipinski definition) is 3. The van der Waals surface area contributed by atoms with Crippen LogP contribution < -0.4 is 4.74 Å². The van der Waals surface area contributed by atoms with E-state index in [0.717, 1.165) is 5.57 Å². The van der Waals surface area contributed by atoms with Gasteiger partial charge >= 0.3 is 0 Å². The van der Waals surface area contributed by atoms with Gasteiger partial charge in [0, 0.05) is 23.5 Å². The molecule has 1 unspecified atom stereocenters. The second-order valence-electron chi connectivity index (χ2n) is 7.83. The molecule has 5 nitrogen and oxygen atoms in total. The number of Topliss-reactive ketones (excluding diaryl/α,β-unsaturated/α-hetero) is 1. The summed E-state index contributed by atoms with van der Waals surface area (Å²) in [6.07, 6.45) is 1.89. The van der Waals surface area contributed by atoms with Crippen LogP contribution in [0.2, 0.25) is 0 Å². The monoisotopic (exact) mass is 348 g/mol. The van der Waals surface area contributed by atoms with Crippen molar-refractivity contribution >= 4 is 5.78 Å². The summed E-state index contributed by atoms with van der Waals surface area (Å²) in [6.45, 7) is 10.6. The first kappa shape index (κ1) is 19.3. The van der Waals surface area contributed by atoms with Crippen molar-refractivity contribution in [2.24, 2.45) is 5.92 Å². The molecule has 1 aromatic rings. The number of phenolic OH excluding ortho intramolecular Hbond substituents is 2. The largest absolute Gasteiger partial charge is 0.507 e. The molecule has 0 saturated carbocycles. The molecule has 1 atom stereocenters. The van der Waals surface area contributed by atoms with Crippen molar-refractivity contribution in [3.63, 3.8) is 0 Å². The molecular formula is C20H28O5. The van der Waals surface area contributed by atoms with Crippen molar-refractivity contribution in [2.75, 3.05) is 0 Å². The summed E-state index contributed by atoms with van der Waals surface area (Å²) in [7, 11) is 0. The average Bonchev–Trinajstić information content (AvgIpc) is 2.91. The van der Waals surface area contributed by atoms with E-state index in [1.165, 1.54) is 0 Å². The number of benzene rings is 1. The highest BCUT2D eigenvalue weighted by molar-refractivity contribution is 6.04. The van der Waals surface area contributed by atoms with Crippen molar-refractivity contribution in [3.8, 4) is 17.2 Å². The Kier molecular flexibility index (Phi) is 5.19. The van der Waals surface area contributed by atoms with Crippen molar-refractivity contribution in [1.82, 2.24) is 0 Å². The predicted octanol–water partition coefficient (Wildman–Crippen LogP) is 3.52. The number of fused-ring (bicyclic) bond motifs is 1. The Labute approximate surface area is 149 Å². The zero-order valence-corrected chi connectivity index (χ0v) is 15.8. The summed E-state index contributed by atoms with van der Waals surface area (Å²) in [6, 6.07) is 0. The van der Waals surface area contributed by atoms with Gasteiger partial charge in [0.1, 0.15) is 28.9 Å². The molecule has 5 heteroatoms. The number of phenols is 2. The Morgan fingerprint density at radius 2 is 1.88 bits per heavy atom. The molecule has 0 radical (unpaired) electrons. The van der Waals surface area contributed by atoms with E-state index in [2.05, 4.69) is 0 Å². The van der Waals surface area contributed by atoms with E-state index < -0.39 is 11.7 Å². The quantitative estimate of drug-likeness (QED) is 0.560. The van der Waals surface area contributed by atoms with Crippen LogP contribution in [0.1, 0.15) is 63.0 Å². The second-order valence-corrected chi connectivity index (χ2v) is 7.83. The Morgan fingerprint density at radius 1 is 1.28 bits per heavy atom. The third kappa shape index (κ3) is 3.66. The van der Waals surface area contributed by atoms with Crippen molar-refractivity contribution in [3.05, 3.63) is 28.3 Å². The van der Waals surface area contributed by atoms with Gasteiger partial charge in [0.2, 0.25) is 0 Å². The van der Waals surface area contributed by atoms with Gasteiger partial charge in [-0.2, -0.15) is 0 Å². The van der Waals surface area contributed by atoms with Gasteiger partial charge in [0.05, 0.1) is 5.60 Å². The fraction of sp³-hybridized carbons (Fsp3) is 0.550. The number of carbonyl (C=O) groups excluding carboxylic acids is 1. The molecule has 1 heterocycles. The number of aliphatic hydroxyl groups is 1. The molecule has 3 N–H and O–H groups in total. The second kappa shape index (κ2) is 6.71. The van der Waals surface area contributed by atoms with Gasteiger partial charge in [-0.3, -0.25) is 4.79 Å². The van der Waals surface area contributed by atoms with Gasteiger partial charge in [-0.05, 0) is 34.1 Å². The zero-order chi connectivity index (χ0) is 19.1. The molecule has 0 aromatic heterocycles. The fourth-order valence-electron chi connectivity index (χ4n) is 2.91. The molecule has 0 saturated heterocycles. The summed E-state index contributed by atoms with van der Waals surface area (Å²) in [5.74, 6) is -0.674. The molecule has 0 aliphatic carbocycles. The first-order chi connectivity index (χ1) is 11.4. The highest BCUT2D eigenvalue weighted by Gasteiger charge is 2.41. The fourth-order valence-corrected chi connectivity index (χ4v) is 2.91. The molecule has 2 rings (SSSR count). The molecular weight excluding hydrogens is 320 g/mol. The van der Waals surface area contributed by atoms with Gasteiger partial charge in [0.25, 0.3) is 0 Å². The van der Waals surface area contributed by atoms with Gasteiger partial charge in [-0.25, -0.2) is 0 Å². The van der Waals surface area contributed by atoms with E-state index in [0.29, 0.717) is 17.5 Å². The number of allylic oxidation sites excluding steroid dienone is 2. The van der Waals surface area contributed by atoms with E-state index in [1.807, 2.05) is 19.9 Å². The molecule has 0 amide bonds. The van der Waals surface area contributed by atoms with Crippen LogP contribution >= 0.6 is 0 Å². The van der Waals surface area contributed by atoms with E-state index in [-0.39, 0.29) is 40.9 Å². The molecule has 0 bridgehead atoms. The van der Waals surface area contributed by atoms with Crippen molar-refractivity contribution < 1.29 is 24.9 Å². The summed E-state index contributed by atoms with van der Waals surface area (Å²) < 4.78 is 5.81. The molecule has 1 aliphatic rings. The normalized spacial score (nSPS) is 16.6. The highest BCUT2D eigenvalue weighted by atomic mass is 16.5. The van der Waals surface area contributed by atoms with Crippen LogP contribution in [0.3, 0.4) is 0 Å². The van der Waals surface area contributed by atoms with Gasteiger partial charge in [-0.1, -0.05) is 25.5 Å². The molecule has 1 aliphatic heterocycles. The Morgan fingerprint density at radius 3 is 2.36 bits per heavy atom. The zero-order valence-electron chi connectivity index (χ0n) is 15.8. The van der Waals surface area contributed by atoms with Crippen LogP contribution in [-0.4, -0.2) is 32.8 Å². The van der Waals surface area contributed by atoms with Crippen LogP contribution in [0, 0.1) is 5.92 Å². The standard InChI is InChI=1S/C20H28O5/c1-10(2)7-8-12-17(22)13-9-14(20(5,6)24)25-19(13)15(18(12)23)16(21)11(3)4/h7,11,14,22-24H,8-9H2,1-6H3. The Balaban J connectivity index is 2.68. The van der Waals surface area contributed by atoms with Crippen molar-refractivity contribution in [1.29, 1.82) is 0 Å². The van der Waals surface area contributed by atoms with Crippen molar-refractivity contribution in [2.45, 2.75) is 66.1 Å². The van der Waals surface area contributed by atoms with Crippen LogP contribution in [0.4, 0.5) is 0 Å². The first-order valence-electron chi connectivity index (χ1n) is 8.61. The molecule has 0 spiro atoms. The number of aromatic hydroxyl groups is 2. The smallest absolute Gasteiger partial charge is 0.172 e. The lowest BCUT2D eigenvalue weighted by molar-refractivity contribution is -0.0232. The lowest BCUT2D eigenvalue weighted by Gasteiger charge is -2.25. The highest BCUT2D eigenvalue weighted by Crippen LogP contribution is 2.49. The maximum Gasteiger partial charge on any atom is 0.172 e. The number of rotatable bonds is 5. The summed E-state index contributed by atoms with van der Waals surface area (Å²) in [4.78, 5) is 12.7. The number of carbonyl (C=O) groups is 1. The number of ether oxygens (including phenoxy) is 1. The Bertz CT molecular complexity index is 719. The topological polar surface area (TPSA) is 87.0 Å². The van der Waals surface area contributed by atoms with Gasteiger partial charge in [-0.15, -0.1) is 0 Å². The minimum atomic E-state index is -1.14. The van der Waals surface area contributed by atoms with E-state index >= 15 is 0 Å². The van der Waals surface area contributed by atoms with Crippen LogP contribution in [0.5, 0.6) is 17.2 Å². The van der Waals surface area contributed by atoms with Gasteiger partial charge < -0.3 is 20.1 Å². The first-order valence-corrected chi connectivity index (χ1v) is 8.61. The lowest BCUT2D eigenvalue weighted by Crippen LogP contribution is -2.39. The van der Waals surface area contributed by atoms with Crippen LogP contribution in [0.25, 0.3) is 0 Å². The van der Waals surface area contributed by atoms with E-state index in [9.17, 15) is 20.1 Å². The number of ketones is 1. The van der Waals surface area contributed by atoms with Crippen LogP contribution in [0.15, 0.2) is 11.6 Å². The summed E-state index contributed by atoms with van der Waals surface area (Å²) in [5.41, 5.74) is 0.808. The molecule has 25 heavy (non-hydrogen) atoms. The summed E-state index contributed by atoms with van der Waals surface area (Å²) >= 11 is 0. The molecule has 138 valence electrons. The third-order valence-corrected chi connectivity index (χ3v) is 4.52. The molecule has 1 aromatic carbocycles. The van der Waals surface area contributed by atoms with Crippen LogP contribution in [-0.2, 0) is 12.8 Å². The maximum absolute atomic E-state index is 12.7. The lowest BCUT2D eigenvalue weighted by atomic mass is 9.90. The van der Waals surface area contributed by atoms with E-state index in [4.69, 9.17) is 4.74 Å². The van der Waals surface area contributed by atoms with Gasteiger partial charge in [0.15, 0.2) is 5.78 Å². The minimum Gasteiger partial charge on any atom is -0.507 e. The average molecular weight is 348 g/mol. The predicted molar refractivity (Wildman–Crippen MR) is 96.5 cm³/mol. The molecule has 0 fully saturated rings. The summed E-state index contributed by atoms with van der Waals surface area (Å²) in [5, 5.41) is 31.6. The minimum absolute atomic E-state index is 0.0583.